The number of amides is 1. The van der Waals surface area contributed by atoms with Gasteiger partial charge in [-0.2, -0.15) is 0 Å². The Morgan fingerprint density at radius 3 is 2.39 bits per heavy atom. The van der Waals surface area contributed by atoms with Gasteiger partial charge in [-0.15, -0.1) is 12.4 Å². The molecule has 1 N–H and O–H groups in total. The zero-order valence-corrected chi connectivity index (χ0v) is 14.0. The van der Waals surface area contributed by atoms with E-state index in [0.29, 0.717) is 23.0 Å². The topological polar surface area (TPSA) is 75.5 Å². The number of non-ortho nitro benzene ring substituents is 1. The Labute approximate surface area is 141 Å². The van der Waals surface area contributed by atoms with Crippen molar-refractivity contribution in [3.8, 4) is 0 Å². The molecule has 2 atom stereocenters. The first-order valence-corrected chi connectivity index (χ1v) is 7.81. The third kappa shape index (κ3) is 3.64. The average molecular weight is 340 g/mol. The van der Waals surface area contributed by atoms with Crippen LogP contribution in [-0.4, -0.2) is 41.9 Å². The maximum atomic E-state index is 12.7. The second-order valence-electron chi connectivity index (χ2n) is 6.30. The molecule has 0 aliphatic carbocycles. The fourth-order valence-corrected chi connectivity index (χ4v) is 3.59. The second kappa shape index (κ2) is 7.27. The van der Waals surface area contributed by atoms with Crippen LogP contribution in [0.25, 0.3) is 0 Å². The van der Waals surface area contributed by atoms with Crippen molar-refractivity contribution in [1.29, 1.82) is 0 Å². The Morgan fingerprint density at radius 2 is 1.87 bits per heavy atom. The number of carbonyl (C=O) groups excluding carboxylic acids is 1. The smallest absolute Gasteiger partial charge is 0.269 e. The zero-order valence-electron chi connectivity index (χ0n) is 13.2. The van der Waals surface area contributed by atoms with E-state index in [0.717, 1.165) is 39.0 Å². The summed E-state index contributed by atoms with van der Waals surface area (Å²) in [4.78, 5) is 25.0. The number of nitrogens with one attached hydrogen (secondary N) is 1. The summed E-state index contributed by atoms with van der Waals surface area (Å²) in [7, 11) is 0. The minimum atomic E-state index is -0.429. The number of hydrogen-bond donors (Lipinski definition) is 1. The van der Waals surface area contributed by atoms with Gasteiger partial charge in [0.05, 0.1) is 4.92 Å². The molecular formula is C16H22ClN3O3. The third-order valence-electron chi connectivity index (χ3n) is 4.96. The fourth-order valence-electron chi connectivity index (χ4n) is 3.59. The molecule has 0 aromatic heterocycles. The quantitative estimate of drug-likeness (QED) is 0.663. The van der Waals surface area contributed by atoms with Gasteiger partial charge in [0.25, 0.3) is 11.6 Å². The van der Waals surface area contributed by atoms with Gasteiger partial charge in [-0.25, -0.2) is 0 Å². The molecule has 2 saturated heterocycles. The van der Waals surface area contributed by atoms with Gasteiger partial charge in [0.15, 0.2) is 0 Å². The first-order chi connectivity index (χ1) is 10.6. The summed E-state index contributed by atoms with van der Waals surface area (Å²) in [6.07, 6.45) is 2.07. The van der Waals surface area contributed by atoms with Gasteiger partial charge in [0.2, 0.25) is 0 Å². The summed E-state index contributed by atoms with van der Waals surface area (Å²) in [5.74, 6) is 1.35. The molecule has 1 aromatic rings. The van der Waals surface area contributed by atoms with E-state index in [2.05, 4.69) is 5.32 Å². The van der Waals surface area contributed by atoms with Crippen LogP contribution >= 0.6 is 12.4 Å². The Morgan fingerprint density at radius 1 is 1.26 bits per heavy atom. The van der Waals surface area contributed by atoms with Crippen LogP contribution < -0.4 is 5.32 Å². The van der Waals surface area contributed by atoms with E-state index >= 15 is 0 Å². The number of nitrogens with zero attached hydrogens (tertiary/aromatic N) is 2. The van der Waals surface area contributed by atoms with Crippen molar-refractivity contribution in [3.63, 3.8) is 0 Å². The minimum Gasteiger partial charge on any atom is -0.339 e. The van der Waals surface area contributed by atoms with E-state index in [1.54, 1.807) is 13.0 Å². The number of nitro benzene ring substituents is 1. The molecule has 23 heavy (non-hydrogen) atoms. The maximum Gasteiger partial charge on any atom is 0.269 e. The fraction of sp³-hybridized carbons (Fsp3) is 0.562. The standard InChI is InChI=1S/C16H21N3O3.ClH/c1-11-8-14(19(21)22)2-3-15(11)16(20)18-6-4-12-9-17-10-13(12)5-7-18;/h2-3,8,12-13,17H,4-7,9-10H2,1H3;1H/t12-,13+;. The number of likely N-dealkylation sites (tertiary alicyclic amines) is 1. The number of aryl methyl sites for hydroxylation is 1. The molecular weight excluding hydrogens is 318 g/mol. The van der Waals surface area contributed by atoms with E-state index < -0.39 is 4.92 Å². The molecule has 0 saturated carbocycles. The second-order valence-corrected chi connectivity index (χ2v) is 6.30. The number of benzene rings is 1. The molecule has 126 valence electrons. The van der Waals surface area contributed by atoms with Gasteiger partial charge < -0.3 is 10.2 Å². The molecule has 2 heterocycles. The molecule has 0 bridgehead atoms. The first-order valence-electron chi connectivity index (χ1n) is 7.81. The minimum absolute atomic E-state index is 0. The van der Waals surface area contributed by atoms with Crippen LogP contribution in [0.15, 0.2) is 18.2 Å². The van der Waals surface area contributed by atoms with E-state index in [-0.39, 0.29) is 24.0 Å². The lowest BCUT2D eigenvalue weighted by Crippen LogP contribution is -2.33. The number of fused-ring (bicyclic) bond motifs is 1. The van der Waals surface area contributed by atoms with Crippen LogP contribution in [0.4, 0.5) is 5.69 Å². The van der Waals surface area contributed by atoms with Crippen LogP contribution in [0.1, 0.15) is 28.8 Å². The normalized spacial score (nSPS) is 23.6. The van der Waals surface area contributed by atoms with Crippen LogP contribution in [-0.2, 0) is 0 Å². The molecule has 2 fully saturated rings. The SMILES string of the molecule is Cc1cc([N+](=O)[O-])ccc1C(=O)N1CC[C@@H]2CNC[C@@H]2CC1.Cl. The zero-order chi connectivity index (χ0) is 15.7. The van der Waals surface area contributed by atoms with Crippen molar-refractivity contribution in [2.45, 2.75) is 19.8 Å². The van der Waals surface area contributed by atoms with Crippen molar-refractivity contribution in [2.24, 2.45) is 11.8 Å². The molecule has 6 nitrogen and oxygen atoms in total. The molecule has 0 spiro atoms. The van der Waals surface area contributed by atoms with Crippen LogP contribution in [0, 0.1) is 28.9 Å². The lowest BCUT2D eigenvalue weighted by atomic mass is 9.92. The maximum absolute atomic E-state index is 12.7. The Balaban J connectivity index is 0.00000192. The Bertz CT molecular complexity index is 594. The summed E-state index contributed by atoms with van der Waals surface area (Å²) in [5.41, 5.74) is 1.28. The number of rotatable bonds is 2. The van der Waals surface area contributed by atoms with Crippen molar-refractivity contribution < 1.29 is 9.72 Å². The van der Waals surface area contributed by atoms with Crippen molar-refractivity contribution in [2.75, 3.05) is 26.2 Å². The summed E-state index contributed by atoms with van der Waals surface area (Å²) in [6, 6.07) is 4.48. The number of carbonyl (C=O) groups is 1. The average Bonchev–Trinajstić information content (AvgIpc) is 2.85. The van der Waals surface area contributed by atoms with Gasteiger partial charge >= 0.3 is 0 Å². The summed E-state index contributed by atoms with van der Waals surface area (Å²) in [6.45, 7) is 5.43. The molecule has 0 unspecified atom stereocenters. The van der Waals surface area contributed by atoms with Gasteiger partial charge in [-0.1, -0.05) is 0 Å². The number of hydrogen-bond acceptors (Lipinski definition) is 4. The Kier molecular flexibility index (Phi) is 5.59. The molecule has 0 radical (unpaired) electrons. The Hall–Kier alpha value is -1.66. The highest BCUT2D eigenvalue weighted by atomic mass is 35.5. The van der Waals surface area contributed by atoms with Crippen LogP contribution in [0.2, 0.25) is 0 Å². The number of nitro groups is 1. The monoisotopic (exact) mass is 339 g/mol. The van der Waals surface area contributed by atoms with E-state index in [9.17, 15) is 14.9 Å². The molecule has 2 aliphatic heterocycles. The molecule has 2 aliphatic rings. The molecule has 1 amide bonds. The predicted molar refractivity (Wildman–Crippen MR) is 90.1 cm³/mol. The highest BCUT2D eigenvalue weighted by molar-refractivity contribution is 5.96. The predicted octanol–water partition coefficient (Wildman–Crippen LogP) is 2.40. The van der Waals surface area contributed by atoms with Gasteiger partial charge in [-0.05, 0) is 56.3 Å². The lowest BCUT2D eigenvalue weighted by Gasteiger charge is -2.21. The summed E-state index contributed by atoms with van der Waals surface area (Å²) in [5, 5.41) is 14.2. The lowest BCUT2D eigenvalue weighted by molar-refractivity contribution is -0.384. The summed E-state index contributed by atoms with van der Waals surface area (Å²) < 4.78 is 0. The van der Waals surface area contributed by atoms with Gasteiger partial charge in [0, 0.05) is 30.8 Å². The van der Waals surface area contributed by atoms with E-state index in [1.807, 2.05) is 4.90 Å². The first kappa shape index (κ1) is 17.7. The third-order valence-corrected chi connectivity index (χ3v) is 4.96. The summed E-state index contributed by atoms with van der Waals surface area (Å²) >= 11 is 0. The largest absolute Gasteiger partial charge is 0.339 e. The molecule has 1 aromatic carbocycles. The highest BCUT2D eigenvalue weighted by Crippen LogP contribution is 2.28. The van der Waals surface area contributed by atoms with E-state index in [1.165, 1.54) is 12.1 Å². The van der Waals surface area contributed by atoms with Crippen LogP contribution in [0.3, 0.4) is 0 Å². The van der Waals surface area contributed by atoms with E-state index in [4.69, 9.17) is 0 Å². The van der Waals surface area contributed by atoms with Crippen molar-refractivity contribution >= 4 is 24.0 Å². The highest BCUT2D eigenvalue weighted by Gasteiger charge is 2.32. The van der Waals surface area contributed by atoms with Crippen molar-refractivity contribution in [1.82, 2.24) is 10.2 Å². The van der Waals surface area contributed by atoms with Crippen LogP contribution in [0.5, 0.6) is 0 Å². The molecule has 3 rings (SSSR count). The molecule has 7 heteroatoms. The number of halogens is 1. The van der Waals surface area contributed by atoms with Gasteiger partial charge in [0.1, 0.15) is 0 Å². The van der Waals surface area contributed by atoms with Crippen molar-refractivity contribution in [3.05, 3.63) is 39.4 Å². The van der Waals surface area contributed by atoms with Gasteiger partial charge in [-0.3, -0.25) is 14.9 Å².